The quantitative estimate of drug-likeness (QED) is 0.857. The van der Waals surface area contributed by atoms with Crippen molar-refractivity contribution in [3.8, 4) is 0 Å². The Hall–Kier alpha value is -2.40. The van der Waals surface area contributed by atoms with Crippen molar-refractivity contribution in [2.45, 2.75) is 12.6 Å². The SMILES string of the molecule is COCc1ccc(C(Nc2ccccc2F)C(=O)O)cc1. The van der Waals surface area contributed by atoms with Crippen LogP contribution in [-0.4, -0.2) is 18.2 Å². The number of benzene rings is 2. The van der Waals surface area contributed by atoms with Gasteiger partial charge in [0.2, 0.25) is 0 Å². The fourth-order valence-corrected chi connectivity index (χ4v) is 1.99. The lowest BCUT2D eigenvalue weighted by Gasteiger charge is -2.17. The highest BCUT2D eigenvalue weighted by molar-refractivity contribution is 5.79. The summed E-state index contributed by atoms with van der Waals surface area (Å²) >= 11 is 0. The zero-order valence-corrected chi connectivity index (χ0v) is 11.5. The number of methoxy groups -OCH3 is 1. The Labute approximate surface area is 122 Å². The lowest BCUT2D eigenvalue weighted by Crippen LogP contribution is -2.21. The van der Waals surface area contributed by atoms with Gasteiger partial charge in [0.05, 0.1) is 12.3 Å². The molecule has 0 amide bonds. The van der Waals surface area contributed by atoms with Crippen molar-refractivity contribution in [3.05, 3.63) is 65.5 Å². The molecule has 2 aromatic carbocycles. The van der Waals surface area contributed by atoms with Crippen LogP contribution < -0.4 is 5.32 Å². The van der Waals surface area contributed by atoms with E-state index >= 15 is 0 Å². The third-order valence-corrected chi connectivity index (χ3v) is 3.04. The number of carboxylic acid groups (broad SMARTS) is 1. The van der Waals surface area contributed by atoms with Gasteiger partial charge in [-0.15, -0.1) is 0 Å². The summed E-state index contributed by atoms with van der Waals surface area (Å²) in [4.78, 5) is 11.4. The third kappa shape index (κ3) is 3.79. The molecule has 2 aromatic rings. The lowest BCUT2D eigenvalue weighted by molar-refractivity contribution is -0.138. The Morgan fingerprint density at radius 1 is 1.24 bits per heavy atom. The summed E-state index contributed by atoms with van der Waals surface area (Å²) in [5.74, 6) is -1.56. The predicted molar refractivity (Wildman–Crippen MR) is 77.6 cm³/mol. The molecule has 0 saturated carbocycles. The lowest BCUT2D eigenvalue weighted by atomic mass is 10.0. The number of rotatable bonds is 6. The van der Waals surface area contributed by atoms with Gasteiger partial charge in [-0.2, -0.15) is 0 Å². The van der Waals surface area contributed by atoms with Gasteiger partial charge in [-0.25, -0.2) is 9.18 Å². The molecule has 0 radical (unpaired) electrons. The van der Waals surface area contributed by atoms with E-state index in [0.717, 1.165) is 5.56 Å². The first-order valence-electron chi connectivity index (χ1n) is 6.43. The molecule has 0 fully saturated rings. The second kappa shape index (κ2) is 6.85. The Morgan fingerprint density at radius 3 is 2.48 bits per heavy atom. The monoisotopic (exact) mass is 289 g/mol. The van der Waals surface area contributed by atoms with E-state index in [2.05, 4.69) is 5.32 Å². The Balaban J connectivity index is 2.23. The molecule has 0 spiro atoms. The van der Waals surface area contributed by atoms with Gasteiger partial charge in [0, 0.05) is 7.11 Å². The van der Waals surface area contributed by atoms with Crippen LogP contribution in [0.1, 0.15) is 17.2 Å². The number of anilines is 1. The Bertz CT molecular complexity index is 613. The largest absolute Gasteiger partial charge is 0.479 e. The number of aliphatic carboxylic acids is 1. The van der Waals surface area contributed by atoms with Gasteiger partial charge in [0.25, 0.3) is 0 Å². The highest BCUT2D eigenvalue weighted by Gasteiger charge is 2.20. The fraction of sp³-hybridized carbons (Fsp3) is 0.188. The van der Waals surface area contributed by atoms with Crippen LogP contribution in [0.25, 0.3) is 0 Å². The van der Waals surface area contributed by atoms with Gasteiger partial charge in [0.1, 0.15) is 5.82 Å². The van der Waals surface area contributed by atoms with Crippen molar-refractivity contribution in [2.75, 3.05) is 12.4 Å². The summed E-state index contributed by atoms with van der Waals surface area (Å²) in [6, 6.07) is 11.9. The number of halogens is 1. The van der Waals surface area contributed by atoms with Gasteiger partial charge in [-0.3, -0.25) is 0 Å². The first kappa shape index (κ1) is 15.0. The molecule has 5 heteroatoms. The molecule has 21 heavy (non-hydrogen) atoms. The second-order valence-electron chi connectivity index (χ2n) is 4.57. The van der Waals surface area contributed by atoms with Crippen LogP contribution in [0.4, 0.5) is 10.1 Å². The van der Waals surface area contributed by atoms with Gasteiger partial charge in [-0.1, -0.05) is 36.4 Å². The average molecular weight is 289 g/mol. The molecule has 0 bridgehead atoms. The molecule has 4 nitrogen and oxygen atoms in total. The van der Waals surface area contributed by atoms with Crippen LogP contribution in [0.3, 0.4) is 0 Å². The molecular formula is C16H16FNO3. The predicted octanol–water partition coefficient (Wildman–Crippen LogP) is 3.21. The first-order chi connectivity index (χ1) is 10.1. The summed E-state index contributed by atoms with van der Waals surface area (Å²) in [5, 5.41) is 12.1. The van der Waals surface area contributed by atoms with E-state index in [-0.39, 0.29) is 5.69 Å². The van der Waals surface area contributed by atoms with Crippen molar-refractivity contribution in [2.24, 2.45) is 0 Å². The number of hydrogen-bond donors (Lipinski definition) is 2. The zero-order chi connectivity index (χ0) is 15.2. The molecule has 0 heterocycles. The molecule has 1 atom stereocenters. The maximum absolute atomic E-state index is 13.6. The molecule has 1 unspecified atom stereocenters. The molecule has 110 valence electrons. The number of carbonyl (C=O) groups is 1. The Kier molecular flexibility index (Phi) is 4.90. The van der Waals surface area contributed by atoms with E-state index in [0.29, 0.717) is 12.2 Å². The van der Waals surface area contributed by atoms with E-state index in [9.17, 15) is 14.3 Å². The highest BCUT2D eigenvalue weighted by atomic mass is 19.1. The molecule has 0 aliphatic carbocycles. The number of carboxylic acids is 1. The van der Waals surface area contributed by atoms with E-state index in [4.69, 9.17) is 4.74 Å². The van der Waals surface area contributed by atoms with Crippen LogP contribution >= 0.6 is 0 Å². The standard InChI is InChI=1S/C16H16FNO3/c1-21-10-11-6-8-12(9-7-11)15(16(19)20)18-14-5-3-2-4-13(14)17/h2-9,15,18H,10H2,1H3,(H,19,20). The average Bonchev–Trinajstić information content (AvgIpc) is 2.47. The smallest absolute Gasteiger partial charge is 0.330 e. The van der Waals surface area contributed by atoms with Crippen LogP contribution in [0.15, 0.2) is 48.5 Å². The molecule has 0 saturated heterocycles. The summed E-state index contributed by atoms with van der Waals surface area (Å²) in [7, 11) is 1.59. The van der Waals surface area contributed by atoms with E-state index in [1.54, 1.807) is 43.5 Å². The molecule has 0 aromatic heterocycles. The topological polar surface area (TPSA) is 58.6 Å². The number of nitrogens with one attached hydrogen (secondary N) is 1. The first-order valence-corrected chi connectivity index (χ1v) is 6.43. The molecule has 2 N–H and O–H groups in total. The van der Waals surface area contributed by atoms with Crippen LogP contribution in [0.5, 0.6) is 0 Å². The Morgan fingerprint density at radius 2 is 1.90 bits per heavy atom. The maximum atomic E-state index is 13.6. The van der Waals surface area contributed by atoms with Crippen molar-refractivity contribution in [3.63, 3.8) is 0 Å². The molecule has 0 aliphatic heterocycles. The molecular weight excluding hydrogens is 273 g/mol. The minimum atomic E-state index is -1.07. The third-order valence-electron chi connectivity index (χ3n) is 3.04. The fourth-order valence-electron chi connectivity index (χ4n) is 1.99. The van der Waals surface area contributed by atoms with Gasteiger partial charge in [0.15, 0.2) is 6.04 Å². The van der Waals surface area contributed by atoms with Gasteiger partial charge >= 0.3 is 5.97 Å². The second-order valence-corrected chi connectivity index (χ2v) is 4.57. The summed E-state index contributed by atoms with van der Waals surface area (Å²) in [6.07, 6.45) is 0. The van der Waals surface area contributed by atoms with Crippen molar-refractivity contribution in [1.29, 1.82) is 0 Å². The summed E-state index contributed by atoms with van der Waals surface area (Å²) < 4.78 is 18.6. The van der Waals surface area contributed by atoms with E-state index in [1.807, 2.05) is 0 Å². The minimum Gasteiger partial charge on any atom is -0.479 e. The molecule has 0 aliphatic rings. The molecule has 2 rings (SSSR count). The van der Waals surface area contributed by atoms with Crippen LogP contribution in [0.2, 0.25) is 0 Å². The van der Waals surface area contributed by atoms with Gasteiger partial charge < -0.3 is 15.2 Å². The zero-order valence-electron chi connectivity index (χ0n) is 11.5. The number of hydrogen-bond acceptors (Lipinski definition) is 3. The number of ether oxygens (including phenoxy) is 1. The van der Waals surface area contributed by atoms with Crippen LogP contribution in [0, 0.1) is 5.82 Å². The number of para-hydroxylation sites is 1. The van der Waals surface area contributed by atoms with Crippen molar-refractivity contribution < 1.29 is 19.0 Å². The van der Waals surface area contributed by atoms with Crippen molar-refractivity contribution in [1.82, 2.24) is 0 Å². The summed E-state index contributed by atoms with van der Waals surface area (Å²) in [6.45, 7) is 0.457. The minimum absolute atomic E-state index is 0.158. The van der Waals surface area contributed by atoms with Crippen molar-refractivity contribution >= 4 is 11.7 Å². The summed E-state index contributed by atoms with van der Waals surface area (Å²) in [5.41, 5.74) is 1.65. The van der Waals surface area contributed by atoms with Gasteiger partial charge in [-0.05, 0) is 23.3 Å². The van der Waals surface area contributed by atoms with Crippen LogP contribution in [-0.2, 0) is 16.1 Å². The maximum Gasteiger partial charge on any atom is 0.330 e. The van der Waals surface area contributed by atoms with E-state index < -0.39 is 17.8 Å². The highest BCUT2D eigenvalue weighted by Crippen LogP contribution is 2.22. The van der Waals surface area contributed by atoms with E-state index in [1.165, 1.54) is 12.1 Å². The normalized spacial score (nSPS) is 11.9.